The van der Waals surface area contributed by atoms with Gasteiger partial charge in [0, 0.05) is 42.7 Å². The lowest BCUT2D eigenvalue weighted by Gasteiger charge is -2.33. The summed E-state index contributed by atoms with van der Waals surface area (Å²) in [7, 11) is 2.02. The van der Waals surface area contributed by atoms with E-state index in [0.29, 0.717) is 30.9 Å². The van der Waals surface area contributed by atoms with Crippen LogP contribution in [0.1, 0.15) is 35.5 Å². The molecule has 0 saturated carbocycles. The minimum atomic E-state index is -0.349. The maximum absolute atomic E-state index is 13.2. The Balaban J connectivity index is 1.72. The molecule has 30 heavy (non-hydrogen) atoms. The topological polar surface area (TPSA) is 49.3 Å². The summed E-state index contributed by atoms with van der Waals surface area (Å²) in [6.45, 7) is 5.23. The van der Waals surface area contributed by atoms with E-state index in [2.05, 4.69) is 18.7 Å². The molecule has 5 nitrogen and oxygen atoms in total. The number of benzene rings is 2. The summed E-state index contributed by atoms with van der Waals surface area (Å²) in [4.78, 5) is 26.6. The lowest BCUT2D eigenvalue weighted by Crippen LogP contribution is -2.38. The molecule has 0 spiro atoms. The van der Waals surface area contributed by atoms with Crippen molar-refractivity contribution in [2.75, 3.05) is 18.5 Å². The van der Waals surface area contributed by atoms with Gasteiger partial charge in [-0.3, -0.25) is 4.79 Å². The SMILES string of the molecule is CC(C)N(C)c1nc(-c2ccccc2)nc2c1CN(C(=O)c1ccc(F)cc1)CC2. The number of hydrogen-bond donors (Lipinski definition) is 0. The van der Waals surface area contributed by atoms with Crippen LogP contribution in [-0.4, -0.2) is 40.4 Å². The summed E-state index contributed by atoms with van der Waals surface area (Å²) in [6, 6.07) is 15.9. The van der Waals surface area contributed by atoms with Gasteiger partial charge in [-0.05, 0) is 38.1 Å². The van der Waals surface area contributed by atoms with E-state index in [4.69, 9.17) is 9.97 Å². The van der Waals surface area contributed by atoms with Gasteiger partial charge in [-0.2, -0.15) is 0 Å². The highest BCUT2D eigenvalue weighted by Gasteiger charge is 2.28. The molecular formula is C24H25FN4O. The van der Waals surface area contributed by atoms with Crippen LogP contribution in [-0.2, 0) is 13.0 Å². The van der Waals surface area contributed by atoms with Crippen LogP contribution in [0.25, 0.3) is 11.4 Å². The predicted molar refractivity (Wildman–Crippen MR) is 116 cm³/mol. The minimum Gasteiger partial charge on any atom is -0.357 e. The molecule has 4 rings (SSSR count). The van der Waals surface area contributed by atoms with Crippen molar-refractivity contribution in [1.82, 2.24) is 14.9 Å². The third kappa shape index (κ3) is 3.90. The molecule has 0 atom stereocenters. The molecule has 6 heteroatoms. The van der Waals surface area contributed by atoms with Gasteiger partial charge >= 0.3 is 0 Å². The maximum atomic E-state index is 13.2. The number of amides is 1. The van der Waals surface area contributed by atoms with E-state index in [0.717, 1.165) is 22.6 Å². The Morgan fingerprint density at radius 1 is 1.07 bits per heavy atom. The molecule has 0 N–H and O–H groups in total. The Labute approximate surface area is 176 Å². The largest absolute Gasteiger partial charge is 0.357 e. The zero-order chi connectivity index (χ0) is 21.3. The summed E-state index contributed by atoms with van der Waals surface area (Å²) in [6.07, 6.45) is 0.656. The monoisotopic (exact) mass is 404 g/mol. The second-order valence-electron chi connectivity index (χ2n) is 7.85. The van der Waals surface area contributed by atoms with Crippen LogP contribution in [0.5, 0.6) is 0 Å². The number of anilines is 1. The van der Waals surface area contributed by atoms with Gasteiger partial charge in [0.2, 0.25) is 0 Å². The van der Waals surface area contributed by atoms with Crippen LogP contribution >= 0.6 is 0 Å². The predicted octanol–water partition coefficient (Wildman–Crippen LogP) is 4.33. The molecule has 1 aromatic heterocycles. The van der Waals surface area contributed by atoms with E-state index >= 15 is 0 Å². The van der Waals surface area contributed by atoms with E-state index in [1.807, 2.05) is 37.4 Å². The van der Waals surface area contributed by atoms with Gasteiger partial charge in [-0.25, -0.2) is 14.4 Å². The molecule has 0 bridgehead atoms. The first-order valence-electron chi connectivity index (χ1n) is 10.2. The van der Waals surface area contributed by atoms with Crippen molar-refractivity contribution in [2.45, 2.75) is 32.9 Å². The van der Waals surface area contributed by atoms with Crippen molar-refractivity contribution in [2.24, 2.45) is 0 Å². The fraction of sp³-hybridized carbons (Fsp3) is 0.292. The average Bonchev–Trinajstić information content (AvgIpc) is 2.78. The molecule has 1 amide bonds. The average molecular weight is 404 g/mol. The van der Waals surface area contributed by atoms with Crippen molar-refractivity contribution in [3.63, 3.8) is 0 Å². The second kappa shape index (κ2) is 8.22. The molecule has 0 saturated heterocycles. The molecule has 3 aromatic rings. The van der Waals surface area contributed by atoms with Crippen molar-refractivity contribution < 1.29 is 9.18 Å². The molecular weight excluding hydrogens is 379 g/mol. The summed E-state index contributed by atoms with van der Waals surface area (Å²) in [5.41, 5.74) is 3.42. The quantitative estimate of drug-likeness (QED) is 0.650. The summed E-state index contributed by atoms with van der Waals surface area (Å²) < 4.78 is 13.2. The van der Waals surface area contributed by atoms with Gasteiger partial charge in [0.05, 0.1) is 12.2 Å². The zero-order valence-electron chi connectivity index (χ0n) is 17.5. The van der Waals surface area contributed by atoms with Crippen LogP contribution in [0.15, 0.2) is 54.6 Å². The Bertz CT molecular complexity index is 1050. The number of aromatic nitrogens is 2. The summed E-state index contributed by atoms with van der Waals surface area (Å²) in [5.74, 6) is 1.10. The van der Waals surface area contributed by atoms with Crippen LogP contribution in [0.4, 0.5) is 10.2 Å². The van der Waals surface area contributed by atoms with Crippen molar-refractivity contribution in [3.05, 3.63) is 77.2 Å². The van der Waals surface area contributed by atoms with Gasteiger partial charge in [0.15, 0.2) is 5.82 Å². The number of carbonyl (C=O) groups is 1. The third-order valence-corrected chi connectivity index (χ3v) is 5.56. The van der Waals surface area contributed by atoms with Crippen molar-refractivity contribution in [1.29, 1.82) is 0 Å². The van der Waals surface area contributed by atoms with E-state index < -0.39 is 0 Å². The molecule has 0 fully saturated rings. The van der Waals surface area contributed by atoms with Gasteiger partial charge in [-0.1, -0.05) is 30.3 Å². The lowest BCUT2D eigenvalue weighted by atomic mass is 10.0. The zero-order valence-corrected chi connectivity index (χ0v) is 17.5. The van der Waals surface area contributed by atoms with E-state index in [1.165, 1.54) is 24.3 Å². The molecule has 154 valence electrons. The fourth-order valence-corrected chi connectivity index (χ4v) is 3.60. The minimum absolute atomic E-state index is 0.106. The number of halogens is 1. The molecule has 2 heterocycles. The van der Waals surface area contributed by atoms with Gasteiger partial charge in [-0.15, -0.1) is 0 Å². The Hall–Kier alpha value is -3.28. The highest BCUT2D eigenvalue weighted by Crippen LogP contribution is 2.30. The molecule has 1 aliphatic rings. The molecule has 1 aliphatic heterocycles. The van der Waals surface area contributed by atoms with E-state index in [1.54, 1.807) is 4.90 Å². The Morgan fingerprint density at radius 3 is 2.43 bits per heavy atom. The third-order valence-electron chi connectivity index (χ3n) is 5.56. The van der Waals surface area contributed by atoms with E-state index in [9.17, 15) is 9.18 Å². The first-order chi connectivity index (χ1) is 14.4. The Kier molecular flexibility index (Phi) is 5.48. The number of hydrogen-bond acceptors (Lipinski definition) is 4. The normalized spacial score (nSPS) is 13.3. The highest BCUT2D eigenvalue weighted by atomic mass is 19.1. The summed E-state index contributed by atoms with van der Waals surface area (Å²) in [5, 5.41) is 0. The van der Waals surface area contributed by atoms with E-state index in [-0.39, 0.29) is 17.8 Å². The first kappa shape index (κ1) is 20.0. The molecule has 2 aromatic carbocycles. The summed E-state index contributed by atoms with van der Waals surface area (Å²) >= 11 is 0. The molecule has 0 radical (unpaired) electrons. The van der Waals surface area contributed by atoms with Gasteiger partial charge in [0.1, 0.15) is 11.6 Å². The van der Waals surface area contributed by atoms with Crippen LogP contribution in [0, 0.1) is 5.82 Å². The highest BCUT2D eigenvalue weighted by molar-refractivity contribution is 5.94. The molecule has 0 aliphatic carbocycles. The number of nitrogens with zero attached hydrogens (tertiary/aromatic N) is 4. The molecule has 0 unspecified atom stereocenters. The van der Waals surface area contributed by atoms with Crippen molar-refractivity contribution in [3.8, 4) is 11.4 Å². The van der Waals surface area contributed by atoms with Crippen LogP contribution in [0.2, 0.25) is 0 Å². The van der Waals surface area contributed by atoms with Crippen LogP contribution < -0.4 is 4.90 Å². The standard InChI is InChI=1S/C24H25FN4O/c1-16(2)28(3)23-20-15-29(24(30)18-9-11-19(25)12-10-18)14-13-21(20)26-22(27-23)17-7-5-4-6-8-17/h4-12,16H,13-15H2,1-3H3. The lowest BCUT2D eigenvalue weighted by molar-refractivity contribution is 0.0733. The number of rotatable bonds is 4. The van der Waals surface area contributed by atoms with Crippen LogP contribution in [0.3, 0.4) is 0 Å². The maximum Gasteiger partial charge on any atom is 0.254 e. The fourth-order valence-electron chi connectivity index (χ4n) is 3.60. The van der Waals surface area contributed by atoms with Gasteiger partial charge < -0.3 is 9.80 Å². The smallest absolute Gasteiger partial charge is 0.254 e. The van der Waals surface area contributed by atoms with Gasteiger partial charge in [0.25, 0.3) is 5.91 Å². The second-order valence-corrected chi connectivity index (χ2v) is 7.85. The number of carbonyl (C=O) groups excluding carboxylic acids is 1. The van der Waals surface area contributed by atoms with Crippen molar-refractivity contribution >= 4 is 11.7 Å². The number of fused-ring (bicyclic) bond motifs is 1. The Morgan fingerprint density at radius 2 is 1.77 bits per heavy atom. The first-order valence-corrected chi connectivity index (χ1v) is 10.2.